The molecule has 4 amide bonds. The fraction of sp³-hybridized carbons (Fsp3) is 0.722. The van der Waals surface area contributed by atoms with E-state index in [9.17, 15) is 24.0 Å². The van der Waals surface area contributed by atoms with Crippen LogP contribution >= 0.6 is 0 Å². The van der Waals surface area contributed by atoms with Gasteiger partial charge in [0.1, 0.15) is 12.1 Å². The lowest BCUT2D eigenvalue weighted by Crippen LogP contribution is -2.54. The average Bonchev–Trinajstić information content (AvgIpc) is 2.60. The minimum absolute atomic E-state index is 0.0836. The average molecular weight is 415 g/mol. The predicted octanol–water partition coefficient (Wildman–Crippen LogP) is -1.55. The number of rotatable bonds is 13. The normalized spacial score (nSPS) is 14.0. The summed E-state index contributed by atoms with van der Waals surface area (Å²) in [5.41, 5.74) is 10.8. The number of primary amides is 1. The first-order valence-corrected chi connectivity index (χ1v) is 9.49. The molecule has 0 saturated heterocycles. The predicted molar refractivity (Wildman–Crippen MR) is 105 cm³/mol. The van der Waals surface area contributed by atoms with Gasteiger partial charge in [-0.15, -0.1) is 0 Å². The number of carboxylic acids is 1. The molecule has 0 aliphatic rings. The van der Waals surface area contributed by atoms with Crippen molar-refractivity contribution in [3.8, 4) is 0 Å². The Balaban J connectivity index is 4.83. The maximum atomic E-state index is 12.4. The van der Waals surface area contributed by atoms with Gasteiger partial charge in [-0.25, -0.2) is 4.79 Å². The zero-order valence-electron chi connectivity index (χ0n) is 17.4. The van der Waals surface area contributed by atoms with E-state index in [0.29, 0.717) is 6.42 Å². The van der Waals surface area contributed by atoms with Gasteiger partial charge in [0, 0.05) is 6.42 Å². The Morgan fingerprint density at radius 2 is 1.52 bits per heavy atom. The molecule has 0 fully saturated rings. The fourth-order valence-corrected chi connectivity index (χ4v) is 2.35. The first-order valence-electron chi connectivity index (χ1n) is 9.49. The summed E-state index contributed by atoms with van der Waals surface area (Å²) in [6, 6.07) is -2.96. The summed E-state index contributed by atoms with van der Waals surface area (Å²) < 4.78 is 0. The Bertz CT molecular complexity index is 608. The number of carbonyl (C=O) groups excluding carboxylic acids is 4. The number of hydrogen-bond donors (Lipinski definition) is 6. The maximum Gasteiger partial charge on any atom is 0.326 e. The topological polar surface area (TPSA) is 194 Å². The van der Waals surface area contributed by atoms with Gasteiger partial charge in [-0.2, -0.15) is 0 Å². The second kappa shape index (κ2) is 12.7. The van der Waals surface area contributed by atoms with Crippen molar-refractivity contribution in [2.45, 2.75) is 65.1 Å². The molecule has 0 radical (unpaired) electrons. The van der Waals surface area contributed by atoms with Crippen LogP contribution in [0.15, 0.2) is 0 Å². The Kier molecular flexibility index (Phi) is 11.5. The van der Waals surface area contributed by atoms with Crippen LogP contribution in [0.25, 0.3) is 0 Å². The minimum atomic E-state index is -1.32. The van der Waals surface area contributed by atoms with Crippen molar-refractivity contribution in [2.75, 3.05) is 6.54 Å². The second-order valence-electron chi connectivity index (χ2n) is 7.64. The van der Waals surface area contributed by atoms with Gasteiger partial charge in [-0.1, -0.05) is 27.7 Å². The molecule has 0 aromatic rings. The second-order valence-corrected chi connectivity index (χ2v) is 7.64. The summed E-state index contributed by atoms with van der Waals surface area (Å²) in [4.78, 5) is 58.5. The first-order chi connectivity index (χ1) is 13.3. The monoisotopic (exact) mass is 415 g/mol. The maximum absolute atomic E-state index is 12.4. The third-order valence-electron chi connectivity index (χ3n) is 4.10. The van der Waals surface area contributed by atoms with E-state index in [1.807, 2.05) is 13.8 Å². The van der Waals surface area contributed by atoms with Crippen LogP contribution in [-0.4, -0.2) is 59.4 Å². The summed E-state index contributed by atoms with van der Waals surface area (Å²) in [7, 11) is 0. The largest absolute Gasteiger partial charge is 0.480 e. The van der Waals surface area contributed by atoms with Gasteiger partial charge >= 0.3 is 5.97 Å². The highest BCUT2D eigenvalue weighted by molar-refractivity contribution is 5.92. The van der Waals surface area contributed by atoms with E-state index in [1.54, 1.807) is 13.8 Å². The summed E-state index contributed by atoms with van der Waals surface area (Å²) in [5.74, 6) is -3.84. The lowest BCUT2D eigenvalue weighted by molar-refractivity contribution is -0.142. The van der Waals surface area contributed by atoms with Crippen molar-refractivity contribution in [3.63, 3.8) is 0 Å². The van der Waals surface area contributed by atoms with Gasteiger partial charge < -0.3 is 32.5 Å². The molecule has 0 saturated carbocycles. The molecular formula is C18H33N5O6. The van der Waals surface area contributed by atoms with Gasteiger partial charge in [0.15, 0.2) is 0 Å². The molecule has 0 rings (SSSR count). The molecular weight excluding hydrogens is 382 g/mol. The molecule has 8 N–H and O–H groups in total. The third-order valence-corrected chi connectivity index (χ3v) is 4.10. The van der Waals surface area contributed by atoms with Crippen LogP contribution in [0, 0.1) is 11.8 Å². The Labute approximate surface area is 170 Å². The number of carbonyl (C=O) groups is 5. The molecule has 0 heterocycles. The number of aliphatic carboxylic acids is 1. The third kappa shape index (κ3) is 11.0. The van der Waals surface area contributed by atoms with Crippen molar-refractivity contribution in [3.05, 3.63) is 0 Å². The van der Waals surface area contributed by atoms with Crippen molar-refractivity contribution in [1.29, 1.82) is 0 Å². The molecule has 0 aromatic carbocycles. The molecule has 0 aliphatic heterocycles. The first kappa shape index (κ1) is 26.3. The van der Waals surface area contributed by atoms with Crippen LogP contribution in [0.2, 0.25) is 0 Å². The molecule has 0 aliphatic carbocycles. The van der Waals surface area contributed by atoms with Crippen molar-refractivity contribution in [2.24, 2.45) is 23.3 Å². The lowest BCUT2D eigenvalue weighted by Gasteiger charge is -2.23. The van der Waals surface area contributed by atoms with Gasteiger partial charge in [0.2, 0.25) is 23.6 Å². The lowest BCUT2D eigenvalue weighted by atomic mass is 10.0. The Hall–Kier alpha value is -2.69. The van der Waals surface area contributed by atoms with E-state index >= 15 is 0 Å². The molecule has 166 valence electrons. The van der Waals surface area contributed by atoms with Gasteiger partial charge in [0.25, 0.3) is 0 Å². The van der Waals surface area contributed by atoms with Gasteiger partial charge in [-0.3, -0.25) is 19.2 Å². The quantitative estimate of drug-likeness (QED) is 0.209. The van der Waals surface area contributed by atoms with Crippen molar-refractivity contribution in [1.82, 2.24) is 16.0 Å². The van der Waals surface area contributed by atoms with Gasteiger partial charge in [0.05, 0.1) is 12.6 Å². The summed E-state index contributed by atoms with van der Waals surface area (Å²) in [6.07, 6.45) is -0.0357. The summed E-state index contributed by atoms with van der Waals surface area (Å²) >= 11 is 0. The Morgan fingerprint density at radius 1 is 0.931 bits per heavy atom. The Morgan fingerprint density at radius 3 is 1.97 bits per heavy atom. The van der Waals surface area contributed by atoms with E-state index < -0.39 is 54.3 Å². The molecule has 3 atom stereocenters. The molecule has 11 nitrogen and oxygen atoms in total. The number of hydrogen-bond acceptors (Lipinski definition) is 6. The molecule has 0 bridgehead atoms. The fourth-order valence-electron chi connectivity index (χ4n) is 2.35. The molecule has 11 heteroatoms. The van der Waals surface area contributed by atoms with Crippen molar-refractivity contribution < 1.29 is 29.1 Å². The van der Waals surface area contributed by atoms with E-state index in [2.05, 4.69) is 16.0 Å². The smallest absolute Gasteiger partial charge is 0.326 e. The standard InChI is InChI=1S/C18H33N5O6/c1-9(2)7-12(23-17(27)15(20)10(3)4)16(26)21-8-14(25)22-11(18(28)29)5-6-13(19)24/h9-12,15H,5-8,20H2,1-4H3,(H2,19,24)(H,21,26)(H,22,25)(H,23,27)(H,28,29). The highest BCUT2D eigenvalue weighted by Crippen LogP contribution is 2.07. The van der Waals surface area contributed by atoms with Crippen LogP contribution in [-0.2, 0) is 24.0 Å². The van der Waals surface area contributed by atoms with E-state index in [-0.39, 0.29) is 24.7 Å². The SMILES string of the molecule is CC(C)CC(NC(=O)C(N)C(C)C)C(=O)NCC(=O)NC(CCC(N)=O)C(=O)O. The number of carboxylic acid groups (broad SMARTS) is 1. The van der Waals surface area contributed by atoms with Crippen LogP contribution in [0.1, 0.15) is 47.0 Å². The van der Waals surface area contributed by atoms with Crippen LogP contribution in [0.4, 0.5) is 0 Å². The van der Waals surface area contributed by atoms with Crippen molar-refractivity contribution >= 4 is 29.6 Å². The molecule has 3 unspecified atom stereocenters. The molecule has 0 aromatic heterocycles. The zero-order valence-corrected chi connectivity index (χ0v) is 17.4. The van der Waals surface area contributed by atoms with E-state index in [0.717, 1.165) is 0 Å². The number of nitrogens with one attached hydrogen (secondary N) is 3. The number of amides is 4. The summed E-state index contributed by atoms with van der Waals surface area (Å²) in [5, 5.41) is 16.3. The highest BCUT2D eigenvalue weighted by atomic mass is 16.4. The zero-order chi connectivity index (χ0) is 22.7. The summed E-state index contributed by atoms with van der Waals surface area (Å²) in [6.45, 7) is 6.82. The van der Waals surface area contributed by atoms with E-state index in [1.165, 1.54) is 0 Å². The van der Waals surface area contributed by atoms with Crippen LogP contribution in [0.3, 0.4) is 0 Å². The minimum Gasteiger partial charge on any atom is -0.480 e. The molecule has 29 heavy (non-hydrogen) atoms. The molecule has 0 spiro atoms. The van der Waals surface area contributed by atoms with Crippen LogP contribution in [0.5, 0.6) is 0 Å². The number of nitrogens with two attached hydrogens (primary N) is 2. The van der Waals surface area contributed by atoms with E-state index in [4.69, 9.17) is 16.6 Å². The van der Waals surface area contributed by atoms with Crippen LogP contribution < -0.4 is 27.4 Å². The highest BCUT2D eigenvalue weighted by Gasteiger charge is 2.27. The van der Waals surface area contributed by atoms with Gasteiger partial charge in [-0.05, 0) is 24.7 Å².